The number of rotatable bonds is 1. The zero-order valence-electron chi connectivity index (χ0n) is 22.3. The van der Waals surface area contributed by atoms with Gasteiger partial charge in [0.25, 0.3) is 0 Å². The van der Waals surface area contributed by atoms with Gasteiger partial charge >= 0.3 is 0 Å². The van der Waals surface area contributed by atoms with Crippen molar-refractivity contribution in [2.24, 2.45) is 0 Å². The van der Waals surface area contributed by atoms with Crippen molar-refractivity contribution in [2.45, 2.75) is 13.8 Å². The number of fused-ring (bicyclic) bond motifs is 13. The van der Waals surface area contributed by atoms with Crippen molar-refractivity contribution in [3.05, 3.63) is 108 Å². The molecule has 0 fully saturated rings. The molecular formula is C36H24BNS2. The number of hydrogen-bond acceptors (Lipinski definition) is 2. The van der Waals surface area contributed by atoms with E-state index in [2.05, 4.69) is 116 Å². The molecule has 0 amide bonds. The van der Waals surface area contributed by atoms with Crippen molar-refractivity contribution in [2.75, 3.05) is 0 Å². The molecular weight excluding hydrogens is 521 g/mol. The maximum Gasteiger partial charge on any atom is 0.194 e. The Labute approximate surface area is 241 Å². The smallest absolute Gasteiger partial charge is 0.194 e. The molecule has 0 atom stereocenters. The van der Waals surface area contributed by atoms with Crippen LogP contribution in [0.5, 0.6) is 0 Å². The monoisotopic (exact) mass is 545 g/mol. The van der Waals surface area contributed by atoms with Crippen molar-refractivity contribution >= 4 is 82.2 Å². The average molecular weight is 546 g/mol. The Kier molecular flexibility index (Phi) is 4.65. The Morgan fingerprint density at radius 3 is 2.20 bits per heavy atom. The summed E-state index contributed by atoms with van der Waals surface area (Å²) in [4.78, 5) is 6.52. The van der Waals surface area contributed by atoms with Crippen LogP contribution in [0.15, 0.2) is 97.1 Å². The van der Waals surface area contributed by atoms with Gasteiger partial charge in [-0.1, -0.05) is 95.9 Å². The molecule has 0 aliphatic carbocycles. The van der Waals surface area contributed by atoms with Crippen LogP contribution < -0.4 is 10.9 Å². The number of benzene rings is 5. The van der Waals surface area contributed by atoms with Crippen LogP contribution in [0, 0.1) is 13.8 Å². The highest BCUT2D eigenvalue weighted by atomic mass is 32.1. The molecule has 9 rings (SSSR count). The second-order valence-corrected chi connectivity index (χ2v) is 13.2. The number of aromatic nitrogens is 1. The highest BCUT2D eigenvalue weighted by Crippen LogP contribution is 2.47. The van der Waals surface area contributed by atoms with Gasteiger partial charge < -0.3 is 4.98 Å². The summed E-state index contributed by atoms with van der Waals surface area (Å²) in [6.07, 6.45) is 0. The van der Waals surface area contributed by atoms with Gasteiger partial charge in [-0.25, -0.2) is 0 Å². The summed E-state index contributed by atoms with van der Waals surface area (Å²) < 4.78 is 2.69. The minimum absolute atomic E-state index is 0.919. The molecule has 8 aromatic rings. The Hall–Kier alpha value is -4.12. The number of para-hydroxylation sites is 1. The molecule has 4 heteroatoms. The SMILES string of the molecule is Cc1cc2c(c(-c3cccc4c3[nH]c3sc5ccccc5c34)c1)Bc1cccc(c1C)-c1sc3ccccc3c1-2. The molecule has 5 aromatic carbocycles. The average Bonchev–Trinajstić information content (AvgIpc) is 3.64. The van der Waals surface area contributed by atoms with Gasteiger partial charge in [0.15, 0.2) is 7.28 Å². The molecule has 2 bridgehead atoms. The second kappa shape index (κ2) is 8.20. The van der Waals surface area contributed by atoms with Crippen LogP contribution in [-0.2, 0) is 0 Å². The molecule has 4 heterocycles. The topological polar surface area (TPSA) is 15.8 Å². The summed E-state index contributed by atoms with van der Waals surface area (Å²) in [7, 11) is 0.919. The summed E-state index contributed by atoms with van der Waals surface area (Å²) in [5, 5.41) is 5.36. The maximum absolute atomic E-state index is 3.87. The van der Waals surface area contributed by atoms with Crippen molar-refractivity contribution in [3.63, 3.8) is 0 Å². The summed E-state index contributed by atoms with van der Waals surface area (Å²) >= 11 is 3.79. The van der Waals surface area contributed by atoms with E-state index in [1.807, 2.05) is 22.7 Å². The summed E-state index contributed by atoms with van der Waals surface area (Å²) in [5.74, 6) is 0. The molecule has 0 spiro atoms. The van der Waals surface area contributed by atoms with E-state index in [4.69, 9.17) is 0 Å². The standard InChI is InChI=1S/C36H24BNS2/c1-19-17-26(22-12-7-13-25-32-24-10-4-6-16-30(24)40-36(32)38-34(22)25)33-27(18-19)31-23-9-3-5-15-29(23)39-35(31)21-11-8-14-28(37-33)20(21)2/h3-18,37-38H,1-2H3. The molecule has 0 unspecified atom stereocenters. The maximum atomic E-state index is 3.87. The van der Waals surface area contributed by atoms with Crippen LogP contribution in [0.4, 0.5) is 0 Å². The summed E-state index contributed by atoms with van der Waals surface area (Å²) in [6.45, 7) is 4.56. The normalized spacial score (nSPS) is 12.4. The third kappa shape index (κ3) is 3.03. The first-order valence-corrected chi connectivity index (χ1v) is 15.5. The van der Waals surface area contributed by atoms with Crippen molar-refractivity contribution in [1.82, 2.24) is 4.98 Å². The van der Waals surface area contributed by atoms with Gasteiger partial charge in [-0.05, 0) is 53.8 Å². The number of aromatic amines is 1. The summed E-state index contributed by atoms with van der Waals surface area (Å²) in [5.41, 5.74) is 13.6. The molecule has 1 N–H and O–H groups in total. The first kappa shape index (κ1) is 22.7. The Morgan fingerprint density at radius 2 is 1.32 bits per heavy atom. The first-order valence-electron chi connectivity index (χ1n) is 13.8. The quantitative estimate of drug-likeness (QED) is 0.198. The first-order chi connectivity index (χ1) is 19.7. The minimum Gasteiger partial charge on any atom is -0.346 e. The molecule has 1 nitrogen and oxygen atoms in total. The molecule has 0 saturated heterocycles. The van der Waals surface area contributed by atoms with E-state index in [9.17, 15) is 0 Å². The lowest BCUT2D eigenvalue weighted by Gasteiger charge is -2.22. The van der Waals surface area contributed by atoms with E-state index < -0.39 is 0 Å². The number of H-pyrrole nitrogens is 1. The van der Waals surface area contributed by atoms with Gasteiger partial charge in [0, 0.05) is 46.9 Å². The van der Waals surface area contributed by atoms with E-state index in [1.165, 1.54) is 96.0 Å². The van der Waals surface area contributed by atoms with Crippen molar-refractivity contribution in [3.8, 4) is 32.7 Å². The zero-order chi connectivity index (χ0) is 26.5. The van der Waals surface area contributed by atoms with Crippen LogP contribution in [0.3, 0.4) is 0 Å². The van der Waals surface area contributed by atoms with Gasteiger partial charge in [0.2, 0.25) is 0 Å². The van der Waals surface area contributed by atoms with Crippen LogP contribution >= 0.6 is 22.7 Å². The van der Waals surface area contributed by atoms with Crippen LogP contribution in [-0.4, -0.2) is 12.3 Å². The Bertz CT molecular complexity index is 2330. The minimum atomic E-state index is 0.919. The predicted octanol–water partition coefficient (Wildman–Crippen LogP) is 9.07. The van der Waals surface area contributed by atoms with Crippen LogP contribution in [0.1, 0.15) is 11.1 Å². The van der Waals surface area contributed by atoms with Crippen molar-refractivity contribution in [1.29, 1.82) is 0 Å². The molecule has 1 aliphatic heterocycles. The molecule has 188 valence electrons. The highest BCUT2D eigenvalue weighted by molar-refractivity contribution is 7.25. The Morgan fingerprint density at radius 1 is 0.625 bits per heavy atom. The number of nitrogens with one attached hydrogen (secondary N) is 1. The lowest BCUT2D eigenvalue weighted by Crippen LogP contribution is -2.33. The third-order valence-electron chi connectivity index (χ3n) is 8.77. The molecule has 0 saturated carbocycles. The van der Waals surface area contributed by atoms with Gasteiger partial charge in [-0.3, -0.25) is 0 Å². The van der Waals surface area contributed by atoms with E-state index in [0.29, 0.717) is 0 Å². The number of aryl methyl sites for hydroxylation is 1. The third-order valence-corrected chi connectivity index (χ3v) is 11.1. The van der Waals surface area contributed by atoms with Crippen LogP contribution in [0.25, 0.3) is 74.0 Å². The fraction of sp³-hybridized carbons (Fsp3) is 0.0556. The van der Waals surface area contributed by atoms with E-state index >= 15 is 0 Å². The Balaban J connectivity index is 1.41. The van der Waals surface area contributed by atoms with E-state index in [-0.39, 0.29) is 0 Å². The molecule has 3 aromatic heterocycles. The molecule has 0 radical (unpaired) electrons. The fourth-order valence-electron chi connectivity index (χ4n) is 6.92. The van der Waals surface area contributed by atoms with Crippen molar-refractivity contribution < 1.29 is 0 Å². The van der Waals surface area contributed by atoms with Gasteiger partial charge in [-0.2, -0.15) is 0 Å². The van der Waals surface area contributed by atoms with Crippen LogP contribution in [0.2, 0.25) is 0 Å². The van der Waals surface area contributed by atoms with Gasteiger partial charge in [-0.15, -0.1) is 22.7 Å². The second-order valence-electron chi connectivity index (χ2n) is 11.1. The van der Waals surface area contributed by atoms with Gasteiger partial charge in [0.1, 0.15) is 4.83 Å². The number of thiophene rings is 2. The summed E-state index contributed by atoms with van der Waals surface area (Å²) in [6, 6.07) is 36.3. The van der Waals surface area contributed by atoms with E-state index in [0.717, 1.165) is 7.28 Å². The predicted molar refractivity (Wildman–Crippen MR) is 179 cm³/mol. The highest BCUT2D eigenvalue weighted by Gasteiger charge is 2.26. The molecule has 1 aliphatic rings. The lowest BCUT2D eigenvalue weighted by molar-refractivity contribution is 1.47. The molecule has 40 heavy (non-hydrogen) atoms. The fourth-order valence-corrected chi connectivity index (χ4v) is 9.34. The zero-order valence-corrected chi connectivity index (χ0v) is 23.9. The lowest BCUT2D eigenvalue weighted by atomic mass is 9.57. The van der Waals surface area contributed by atoms with Gasteiger partial charge in [0.05, 0.1) is 5.52 Å². The van der Waals surface area contributed by atoms with E-state index in [1.54, 1.807) is 0 Å². The largest absolute Gasteiger partial charge is 0.346 e. The number of hydrogen-bond donors (Lipinski definition) is 1.